The van der Waals surface area contributed by atoms with E-state index in [1.807, 2.05) is 0 Å². The van der Waals surface area contributed by atoms with Crippen LogP contribution in [0, 0.1) is 0 Å². The van der Waals surface area contributed by atoms with Gasteiger partial charge in [-0.3, -0.25) is 9.59 Å². The Labute approximate surface area is 119 Å². The molecule has 0 fully saturated rings. The summed E-state index contributed by atoms with van der Waals surface area (Å²) in [7, 11) is 0. The fourth-order valence-electron chi connectivity index (χ4n) is 2.52. The topological polar surface area (TPSA) is 75.1 Å². The molecular formula is C14H13ClN2O3. The first-order valence-corrected chi connectivity index (χ1v) is 6.79. The summed E-state index contributed by atoms with van der Waals surface area (Å²) >= 11 is 5.66. The van der Waals surface area contributed by atoms with Gasteiger partial charge in [0.05, 0.1) is 6.04 Å². The molecule has 5 nitrogen and oxygen atoms in total. The van der Waals surface area contributed by atoms with Crippen LogP contribution >= 0.6 is 11.6 Å². The maximum atomic E-state index is 12.1. The van der Waals surface area contributed by atoms with Gasteiger partial charge in [-0.15, -0.1) is 0 Å². The van der Waals surface area contributed by atoms with E-state index in [0.717, 1.165) is 30.5 Å². The average molecular weight is 293 g/mol. The third kappa shape index (κ3) is 2.49. The molecule has 0 aliphatic heterocycles. The molecule has 2 N–H and O–H groups in total. The number of carbonyl (C=O) groups excluding carboxylic acids is 1. The lowest BCUT2D eigenvalue weighted by atomic mass is 9.91. The minimum absolute atomic E-state index is 0.117. The van der Waals surface area contributed by atoms with Crippen molar-refractivity contribution in [1.82, 2.24) is 10.3 Å². The zero-order valence-electron chi connectivity index (χ0n) is 10.6. The third-order valence-corrected chi connectivity index (χ3v) is 3.64. The third-order valence-electron chi connectivity index (χ3n) is 3.43. The maximum Gasteiger partial charge on any atom is 0.287 e. The number of aromatic amines is 1. The number of hydrogen-bond acceptors (Lipinski definition) is 3. The van der Waals surface area contributed by atoms with Crippen LogP contribution in [0.15, 0.2) is 33.5 Å². The number of carbonyl (C=O) groups is 1. The molecule has 6 heteroatoms. The van der Waals surface area contributed by atoms with E-state index in [0.29, 0.717) is 0 Å². The van der Waals surface area contributed by atoms with Gasteiger partial charge in [0, 0.05) is 11.8 Å². The quantitative estimate of drug-likeness (QED) is 0.892. The second-order valence-corrected chi connectivity index (χ2v) is 5.15. The number of halogens is 1. The second kappa shape index (κ2) is 5.17. The molecule has 0 radical (unpaired) electrons. The van der Waals surface area contributed by atoms with Crippen molar-refractivity contribution in [2.75, 3.05) is 0 Å². The number of nitrogens with one attached hydrogen (secondary N) is 2. The van der Waals surface area contributed by atoms with E-state index in [1.54, 1.807) is 6.07 Å². The second-order valence-electron chi connectivity index (χ2n) is 4.78. The molecule has 2 heterocycles. The molecule has 1 amide bonds. The van der Waals surface area contributed by atoms with Crippen LogP contribution in [0.4, 0.5) is 0 Å². The van der Waals surface area contributed by atoms with Crippen LogP contribution in [0.5, 0.6) is 0 Å². The summed E-state index contributed by atoms with van der Waals surface area (Å²) in [5.41, 5.74) is 1.74. The van der Waals surface area contributed by atoms with E-state index in [9.17, 15) is 9.59 Å². The number of amides is 1. The first-order chi connectivity index (χ1) is 9.63. The summed E-state index contributed by atoms with van der Waals surface area (Å²) in [6.07, 6.45) is 2.57. The Morgan fingerprint density at radius 2 is 2.20 bits per heavy atom. The van der Waals surface area contributed by atoms with E-state index in [-0.39, 0.29) is 28.5 Å². The molecule has 0 spiro atoms. The fourth-order valence-corrected chi connectivity index (χ4v) is 2.66. The van der Waals surface area contributed by atoms with Crippen molar-refractivity contribution in [3.8, 4) is 0 Å². The first-order valence-electron chi connectivity index (χ1n) is 6.42. The van der Waals surface area contributed by atoms with E-state index in [4.69, 9.17) is 16.0 Å². The standard InChI is InChI=1S/C14H13ClN2O3/c15-12-6-5-11(20-12)14(19)17-10-3-1-2-9-8(10)4-7-13(18)16-9/h4-7,10H,1-3H2,(H,16,18)(H,17,19). The molecular weight excluding hydrogens is 280 g/mol. The van der Waals surface area contributed by atoms with Gasteiger partial charge >= 0.3 is 0 Å². The van der Waals surface area contributed by atoms with E-state index in [1.165, 1.54) is 18.2 Å². The Morgan fingerprint density at radius 1 is 1.35 bits per heavy atom. The van der Waals surface area contributed by atoms with Crippen LogP contribution in [-0.2, 0) is 6.42 Å². The predicted octanol–water partition coefficient (Wildman–Crippen LogP) is 2.43. The van der Waals surface area contributed by atoms with Crippen molar-refractivity contribution >= 4 is 17.5 Å². The SMILES string of the molecule is O=C(NC1CCCc2[nH]c(=O)ccc21)c1ccc(Cl)o1. The van der Waals surface area contributed by atoms with Gasteiger partial charge in [-0.25, -0.2) is 0 Å². The lowest BCUT2D eigenvalue weighted by molar-refractivity contribution is 0.0904. The Hall–Kier alpha value is -2.01. The molecule has 1 aliphatic rings. The number of hydrogen-bond donors (Lipinski definition) is 2. The molecule has 104 valence electrons. The van der Waals surface area contributed by atoms with Crippen molar-refractivity contribution in [3.05, 3.63) is 56.9 Å². The minimum Gasteiger partial charge on any atom is -0.440 e. The van der Waals surface area contributed by atoms with Crippen molar-refractivity contribution in [1.29, 1.82) is 0 Å². The van der Waals surface area contributed by atoms with Gasteiger partial charge in [-0.05, 0) is 54.6 Å². The Bertz CT molecular complexity index is 704. The van der Waals surface area contributed by atoms with Crippen LogP contribution in [0.3, 0.4) is 0 Å². The molecule has 2 aromatic rings. The highest BCUT2D eigenvalue weighted by Gasteiger charge is 2.23. The molecule has 3 rings (SSSR count). The number of H-pyrrole nitrogens is 1. The fraction of sp³-hybridized carbons (Fsp3) is 0.286. The van der Waals surface area contributed by atoms with Gasteiger partial charge in [-0.2, -0.15) is 0 Å². The molecule has 0 aromatic carbocycles. The molecule has 0 saturated carbocycles. The van der Waals surface area contributed by atoms with Crippen molar-refractivity contribution in [2.24, 2.45) is 0 Å². The van der Waals surface area contributed by atoms with Crippen molar-refractivity contribution < 1.29 is 9.21 Å². The molecule has 2 aromatic heterocycles. The number of rotatable bonds is 2. The Balaban J connectivity index is 1.83. The van der Waals surface area contributed by atoms with Crippen LogP contribution in [0.1, 0.15) is 40.7 Å². The van der Waals surface area contributed by atoms with E-state index < -0.39 is 0 Å². The monoisotopic (exact) mass is 292 g/mol. The van der Waals surface area contributed by atoms with Crippen molar-refractivity contribution in [3.63, 3.8) is 0 Å². The predicted molar refractivity (Wildman–Crippen MR) is 73.9 cm³/mol. The Morgan fingerprint density at radius 3 is 2.95 bits per heavy atom. The van der Waals surface area contributed by atoms with E-state index in [2.05, 4.69) is 10.3 Å². The Kier molecular flexibility index (Phi) is 3.36. The number of pyridine rings is 1. The summed E-state index contributed by atoms with van der Waals surface area (Å²) in [6.45, 7) is 0. The molecule has 0 saturated heterocycles. The minimum atomic E-state index is -0.305. The van der Waals surface area contributed by atoms with E-state index >= 15 is 0 Å². The zero-order chi connectivity index (χ0) is 14.1. The lowest BCUT2D eigenvalue weighted by Crippen LogP contribution is -2.31. The normalized spacial score (nSPS) is 17.6. The highest BCUT2D eigenvalue weighted by Crippen LogP contribution is 2.28. The number of aryl methyl sites for hydroxylation is 1. The first kappa shape index (κ1) is 13.0. The zero-order valence-corrected chi connectivity index (χ0v) is 11.4. The van der Waals surface area contributed by atoms with Gasteiger partial charge in [0.25, 0.3) is 5.91 Å². The van der Waals surface area contributed by atoms with Crippen LogP contribution in [0.2, 0.25) is 5.22 Å². The highest BCUT2D eigenvalue weighted by atomic mass is 35.5. The summed E-state index contributed by atoms with van der Waals surface area (Å²) < 4.78 is 5.09. The summed E-state index contributed by atoms with van der Waals surface area (Å²) in [5, 5.41) is 3.09. The number of fused-ring (bicyclic) bond motifs is 1. The maximum absolute atomic E-state index is 12.1. The number of aromatic nitrogens is 1. The van der Waals surface area contributed by atoms with Gasteiger partial charge in [0.15, 0.2) is 11.0 Å². The smallest absolute Gasteiger partial charge is 0.287 e. The van der Waals surface area contributed by atoms with Crippen LogP contribution in [0.25, 0.3) is 0 Å². The van der Waals surface area contributed by atoms with Crippen molar-refractivity contribution in [2.45, 2.75) is 25.3 Å². The molecule has 20 heavy (non-hydrogen) atoms. The average Bonchev–Trinajstić information content (AvgIpc) is 2.85. The van der Waals surface area contributed by atoms with Crippen LogP contribution < -0.4 is 10.9 Å². The molecule has 1 aliphatic carbocycles. The summed E-state index contributed by atoms with van der Waals surface area (Å²) in [6, 6.07) is 6.20. The van der Waals surface area contributed by atoms with Gasteiger partial charge in [0.1, 0.15) is 0 Å². The lowest BCUT2D eigenvalue weighted by Gasteiger charge is -2.25. The molecule has 1 unspecified atom stereocenters. The number of furan rings is 1. The molecule has 1 atom stereocenters. The largest absolute Gasteiger partial charge is 0.440 e. The van der Waals surface area contributed by atoms with Gasteiger partial charge < -0.3 is 14.7 Å². The highest BCUT2D eigenvalue weighted by molar-refractivity contribution is 6.29. The van der Waals surface area contributed by atoms with Gasteiger partial charge in [0.2, 0.25) is 5.56 Å². The molecule has 0 bridgehead atoms. The van der Waals surface area contributed by atoms with Crippen LogP contribution in [-0.4, -0.2) is 10.9 Å². The summed E-state index contributed by atoms with van der Waals surface area (Å²) in [5.74, 6) is -0.118. The van der Waals surface area contributed by atoms with Gasteiger partial charge in [-0.1, -0.05) is 0 Å². The summed E-state index contributed by atoms with van der Waals surface area (Å²) in [4.78, 5) is 26.2.